The van der Waals surface area contributed by atoms with Crippen LogP contribution in [-0.4, -0.2) is 44.5 Å². The van der Waals surface area contributed by atoms with Crippen LogP contribution in [0, 0.1) is 0 Å². The van der Waals surface area contributed by atoms with Gasteiger partial charge in [-0.05, 0) is 0 Å². The zero-order valence-electron chi connectivity index (χ0n) is 5.92. The van der Waals surface area contributed by atoms with Gasteiger partial charge in [0, 0.05) is 28.2 Å². The van der Waals surface area contributed by atoms with E-state index in [9.17, 15) is 0 Å². The van der Waals surface area contributed by atoms with Crippen LogP contribution in [0.15, 0.2) is 4.99 Å². The van der Waals surface area contributed by atoms with Crippen molar-refractivity contribution in [2.45, 2.75) is 0 Å². The SMILES string of the molecule is CN=CN(C)N(C)C. The lowest BCUT2D eigenvalue weighted by Gasteiger charge is -2.20. The van der Waals surface area contributed by atoms with Crippen molar-refractivity contribution in [3.8, 4) is 0 Å². The first-order valence-electron chi connectivity index (χ1n) is 2.51. The lowest BCUT2D eigenvalue weighted by Crippen LogP contribution is -2.31. The Labute approximate surface area is 50.6 Å². The van der Waals surface area contributed by atoms with Crippen LogP contribution in [0.5, 0.6) is 0 Å². The number of aliphatic imine (C=N–C) groups is 1. The topological polar surface area (TPSA) is 18.8 Å². The number of hydrazine groups is 1. The minimum atomic E-state index is 1.75. The highest BCUT2D eigenvalue weighted by molar-refractivity contribution is 5.53. The molecule has 0 aliphatic heterocycles. The Morgan fingerprint density at radius 3 is 1.88 bits per heavy atom. The first-order valence-corrected chi connectivity index (χ1v) is 2.51. The normalized spacial score (nSPS) is 11.1. The zero-order valence-corrected chi connectivity index (χ0v) is 5.92. The van der Waals surface area contributed by atoms with Gasteiger partial charge in [-0.15, -0.1) is 0 Å². The third kappa shape index (κ3) is 2.58. The lowest BCUT2D eigenvalue weighted by molar-refractivity contribution is 0.151. The number of nitrogens with zero attached hydrogens (tertiary/aromatic N) is 3. The molecule has 0 unspecified atom stereocenters. The first kappa shape index (κ1) is 7.43. The molecule has 0 rings (SSSR count). The summed E-state index contributed by atoms with van der Waals surface area (Å²) in [5.41, 5.74) is 0. The molecule has 0 N–H and O–H groups in total. The maximum atomic E-state index is 3.82. The number of rotatable bonds is 2. The van der Waals surface area contributed by atoms with Crippen molar-refractivity contribution in [1.29, 1.82) is 0 Å². The van der Waals surface area contributed by atoms with Crippen LogP contribution < -0.4 is 0 Å². The molecule has 0 radical (unpaired) electrons. The predicted octanol–water partition coefficient (Wildman–Crippen LogP) is 0.0529. The molecule has 3 heteroatoms. The second-order valence-electron chi connectivity index (χ2n) is 1.79. The van der Waals surface area contributed by atoms with E-state index >= 15 is 0 Å². The summed E-state index contributed by atoms with van der Waals surface area (Å²) in [6.45, 7) is 0. The Bertz CT molecular complexity index is 77.7. The average Bonchev–Trinajstić information content (AvgIpc) is 1.67. The molecular weight excluding hydrogens is 102 g/mol. The van der Waals surface area contributed by atoms with E-state index in [1.165, 1.54) is 0 Å². The van der Waals surface area contributed by atoms with Gasteiger partial charge in [0.15, 0.2) is 0 Å². The molecule has 0 aromatic rings. The Morgan fingerprint density at radius 1 is 1.25 bits per heavy atom. The molecule has 0 saturated heterocycles. The van der Waals surface area contributed by atoms with Crippen molar-refractivity contribution < 1.29 is 0 Å². The van der Waals surface area contributed by atoms with Gasteiger partial charge in [-0.3, -0.25) is 10.0 Å². The van der Waals surface area contributed by atoms with Gasteiger partial charge in [0.2, 0.25) is 0 Å². The van der Waals surface area contributed by atoms with E-state index in [4.69, 9.17) is 0 Å². The maximum absolute atomic E-state index is 3.82. The summed E-state index contributed by atoms with van der Waals surface area (Å²) in [6, 6.07) is 0. The monoisotopic (exact) mass is 115 g/mol. The van der Waals surface area contributed by atoms with Crippen LogP contribution in [-0.2, 0) is 0 Å². The first-order chi connectivity index (χ1) is 3.68. The molecular formula is C5H13N3. The molecule has 48 valence electrons. The van der Waals surface area contributed by atoms with Gasteiger partial charge in [-0.2, -0.15) is 0 Å². The third-order valence-corrected chi connectivity index (χ3v) is 0.914. The minimum absolute atomic E-state index is 1.75. The predicted molar refractivity (Wildman–Crippen MR) is 35.9 cm³/mol. The van der Waals surface area contributed by atoms with Gasteiger partial charge >= 0.3 is 0 Å². The fourth-order valence-corrected chi connectivity index (χ4v) is 0.270. The van der Waals surface area contributed by atoms with E-state index < -0.39 is 0 Å². The molecule has 8 heavy (non-hydrogen) atoms. The second-order valence-corrected chi connectivity index (χ2v) is 1.79. The van der Waals surface area contributed by atoms with E-state index in [-0.39, 0.29) is 0 Å². The summed E-state index contributed by atoms with van der Waals surface area (Å²) < 4.78 is 0. The van der Waals surface area contributed by atoms with Crippen LogP contribution in [0.2, 0.25) is 0 Å². The molecule has 0 saturated carbocycles. The molecule has 0 atom stereocenters. The van der Waals surface area contributed by atoms with E-state index in [0.29, 0.717) is 0 Å². The third-order valence-electron chi connectivity index (χ3n) is 0.914. The summed E-state index contributed by atoms with van der Waals surface area (Å²) in [5.74, 6) is 0. The molecule has 0 amide bonds. The molecule has 0 heterocycles. The van der Waals surface area contributed by atoms with Gasteiger partial charge in [0.25, 0.3) is 0 Å². The summed E-state index contributed by atoms with van der Waals surface area (Å²) in [6.07, 6.45) is 1.75. The van der Waals surface area contributed by atoms with Crippen LogP contribution in [0.1, 0.15) is 0 Å². The van der Waals surface area contributed by atoms with Crippen LogP contribution >= 0.6 is 0 Å². The zero-order chi connectivity index (χ0) is 6.57. The molecule has 3 nitrogen and oxygen atoms in total. The maximum Gasteiger partial charge on any atom is 0.0987 e. The van der Waals surface area contributed by atoms with Gasteiger partial charge in [0.1, 0.15) is 0 Å². The molecule has 0 aromatic carbocycles. The fourth-order valence-electron chi connectivity index (χ4n) is 0.270. The average molecular weight is 115 g/mol. The van der Waals surface area contributed by atoms with Crippen molar-refractivity contribution in [3.05, 3.63) is 0 Å². The summed E-state index contributed by atoms with van der Waals surface area (Å²) in [4.78, 5) is 3.82. The Morgan fingerprint density at radius 2 is 1.75 bits per heavy atom. The highest BCUT2D eigenvalue weighted by Gasteiger charge is 1.88. The molecule has 0 aliphatic rings. The van der Waals surface area contributed by atoms with Gasteiger partial charge < -0.3 is 0 Å². The largest absolute Gasteiger partial charge is 0.300 e. The van der Waals surface area contributed by atoms with Crippen molar-refractivity contribution in [2.75, 3.05) is 28.2 Å². The lowest BCUT2D eigenvalue weighted by atomic mass is 11.0. The summed E-state index contributed by atoms with van der Waals surface area (Å²) in [7, 11) is 7.61. The highest BCUT2D eigenvalue weighted by Crippen LogP contribution is 1.77. The summed E-state index contributed by atoms with van der Waals surface area (Å²) >= 11 is 0. The van der Waals surface area contributed by atoms with E-state index in [1.807, 2.05) is 31.2 Å². The molecule has 0 bridgehead atoms. The van der Waals surface area contributed by atoms with Crippen molar-refractivity contribution >= 4 is 6.34 Å². The van der Waals surface area contributed by atoms with Crippen LogP contribution in [0.3, 0.4) is 0 Å². The van der Waals surface area contributed by atoms with Crippen molar-refractivity contribution in [3.63, 3.8) is 0 Å². The molecule has 0 aromatic heterocycles. The van der Waals surface area contributed by atoms with E-state index in [1.54, 1.807) is 13.4 Å². The highest BCUT2D eigenvalue weighted by atomic mass is 15.6. The molecule has 0 fully saturated rings. The molecule has 0 aliphatic carbocycles. The van der Waals surface area contributed by atoms with Crippen molar-refractivity contribution in [1.82, 2.24) is 10.0 Å². The fraction of sp³-hybridized carbons (Fsp3) is 0.800. The smallest absolute Gasteiger partial charge is 0.0987 e. The minimum Gasteiger partial charge on any atom is -0.300 e. The quantitative estimate of drug-likeness (QED) is 0.288. The molecule has 0 spiro atoms. The Kier molecular flexibility index (Phi) is 3.19. The second kappa shape index (κ2) is 3.43. The Hall–Kier alpha value is -0.570. The Balaban J connectivity index is 3.47. The van der Waals surface area contributed by atoms with E-state index in [0.717, 1.165) is 0 Å². The van der Waals surface area contributed by atoms with Crippen LogP contribution in [0.25, 0.3) is 0 Å². The standard InChI is InChI=1S/C5H13N3/c1-6-5-8(4)7(2)3/h5H,1-4H3. The number of hydrogen-bond donors (Lipinski definition) is 0. The number of hydrogen-bond acceptors (Lipinski definition) is 2. The van der Waals surface area contributed by atoms with Gasteiger partial charge in [-0.25, -0.2) is 5.01 Å². The van der Waals surface area contributed by atoms with Crippen molar-refractivity contribution in [2.24, 2.45) is 4.99 Å². The summed E-state index contributed by atoms with van der Waals surface area (Å²) in [5, 5.41) is 3.83. The van der Waals surface area contributed by atoms with Gasteiger partial charge in [0.05, 0.1) is 6.34 Å². The van der Waals surface area contributed by atoms with Crippen LogP contribution in [0.4, 0.5) is 0 Å². The van der Waals surface area contributed by atoms with E-state index in [2.05, 4.69) is 4.99 Å². The van der Waals surface area contributed by atoms with Gasteiger partial charge in [-0.1, -0.05) is 0 Å².